The van der Waals surface area contributed by atoms with Gasteiger partial charge in [0.1, 0.15) is 6.04 Å². The Morgan fingerprint density at radius 2 is 2.20 bits per heavy atom. The number of carbonyl (C=O) groups is 1. The topological polar surface area (TPSA) is 59.6 Å². The van der Waals surface area contributed by atoms with Crippen LogP contribution in [0.2, 0.25) is 0 Å². The Balaban J connectivity index is 0.00000200. The fourth-order valence-electron chi connectivity index (χ4n) is 2.07. The summed E-state index contributed by atoms with van der Waals surface area (Å²) in [6.07, 6.45) is 0. The minimum absolute atomic E-state index is 0. The number of hydrogen-bond acceptors (Lipinski definition) is 4. The summed E-state index contributed by atoms with van der Waals surface area (Å²) in [7, 11) is 1.67. The first-order valence-electron chi connectivity index (χ1n) is 6.46. The van der Waals surface area contributed by atoms with Gasteiger partial charge >= 0.3 is 0 Å². The molecule has 0 aromatic heterocycles. The Bertz CT molecular complexity index is 423. The maximum absolute atomic E-state index is 12.0. The molecule has 0 radical (unpaired) electrons. The monoisotopic (exact) mass is 300 g/mol. The summed E-state index contributed by atoms with van der Waals surface area (Å²) in [4.78, 5) is 12.0. The van der Waals surface area contributed by atoms with Crippen LogP contribution < -0.4 is 10.6 Å². The van der Waals surface area contributed by atoms with Gasteiger partial charge in [-0.25, -0.2) is 0 Å². The molecule has 1 aromatic rings. The molecule has 0 bridgehead atoms. The molecular formula is C14H21ClN2O3. The standard InChI is InChI=1S/C14H20N2O3.ClH/c1-18-9-12-5-3-2-4-11(12)8-16-14(17)13-10-19-7-6-15-13;/h2-5,13,15H,6-10H2,1H3,(H,16,17);1H. The number of hydrogen-bond donors (Lipinski definition) is 2. The van der Waals surface area contributed by atoms with Crippen LogP contribution in [-0.4, -0.2) is 38.8 Å². The lowest BCUT2D eigenvalue weighted by Gasteiger charge is -2.23. The molecule has 0 aliphatic carbocycles. The Kier molecular flexibility index (Phi) is 7.54. The highest BCUT2D eigenvalue weighted by molar-refractivity contribution is 5.85. The first kappa shape index (κ1) is 16.9. The van der Waals surface area contributed by atoms with E-state index in [1.165, 1.54) is 0 Å². The number of carbonyl (C=O) groups excluding carboxylic acids is 1. The van der Waals surface area contributed by atoms with Gasteiger partial charge in [0.2, 0.25) is 5.91 Å². The Labute approximate surface area is 125 Å². The Hall–Kier alpha value is -1.14. The summed E-state index contributed by atoms with van der Waals surface area (Å²) in [6, 6.07) is 7.69. The lowest BCUT2D eigenvalue weighted by molar-refractivity contribution is -0.126. The zero-order chi connectivity index (χ0) is 13.5. The summed E-state index contributed by atoms with van der Waals surface area (Å²) in [5, 5.41) is 6.06. The number of amides is 1. The molecule has 1 amide bonds. The molecule has 1 atom stereocenters. The number of ether oxygens (including phenoxy) is 2. The molecule has 2 rings (SSSR count). The van der Waals surface area contributed by atoms with Crippen molar-refractivity contribution < 1.29 is 14.3 Å². The SMILES string of the molecule is COCc1ccccc1CNC(=O)C1COCCN1.Cl. The molecule has 1 aliphatic heterocycles. The number of nitrogens with one attached hydrogen (secondary N) is 2. The molecule has 1 heterocycles. The van der Waals surface area contributed by atoms with E-state index >= 15 is 0 Å². The second-order valence-corrected chi connectivity index (χ2v) is 4.50. The van der Waals surface area contributed by atoms with E-state index in [4.69, 9.17) is 9.47 Å². The van der Waals surface area contributed by atoms with E-state index < -0.39 is 0 Å². The van der Waals surface area contributed by atoms with Crippen LogP contribution in [0.4, 0.5) is 0 Å². The van der Waals surface area contributed by atoms with E-state index in [-0.39, 0.29) is 24.4 Å². The van der Waals surface area contributed by atoms with Crippen molar-refractivity contribution in [3.05, 3.63) is 35.4 Å². The third-order valence-electron chi connectivity index (χ3n) is 3.11. The van der Waals surface area contributed by atoms with Crippen molar-refractivity contribution in [2.75, 3.05) is 26.9 Å². The molecule has 5 nitrogen and oxygen atoms in total. The predicted octanol–water partition coefficient (Wildman–Crippen LogP) is 0.859. The quantitative estimate of drug-likeness (QED) is 0.847. The second-order valence-electron chi connectivity index (χ2n) is 4.50. The van der Waals surface area contributed by atoms with Crippen molar-refractivity contribution in [1.82, 2.24) is 10.6 Å². The van der Waals surface area contributed by atoms with Gasteiger partial charge in [0.25, 0.3) is 0 Å². The number of methoxy groups -OCH3 is 1. The van der Waals surface area contributed by atoms with Gasteiger partial charge in [-0.15, -0.1) is 12.4 Å². The largest absolute Gasteiger partial charge is 0.380 e. The minimum atomic E-state index is -0.247. The van der Waals surface area contributed by atoms with Crippen LogP contribution in [-0.2, 0) is 27.4 Å². The summed E-state index contributed by atoms with van der Waals surface area (Å²) >= 11 is 0. The molecule has 1 aliphatic rings. The lowest BCUT2D eigenvalue weighted by Crippen LogP contribution is -2.51. The predicted molar refractivity (Wildman–Crippen MR) is 78.9 cm³/mol. The van der Waals surface area contributed by atoms with Gasteiger partial charge in [-0.3, -0.25) is 4.79 Å². The van der Waals surface area contributed by atoms with E-state index in [1.807, 2.05) is 24.3 Å². The van der Waals surface area contributed by atoms with E-state index in [1.54, 1.807) is 7.11 Å². The first-order valence-corrected chi connectivity index (χ1v) is 6.46. The van der Waals surface area contributed by atoms with Crippen molar-refractivity contribution in [3.63, 3.8) is 0 Å². The Morgan fingerprint density at radius 3 is 2.85 bits per heavy atom. The van der Waals surface area contributed by atoms with Crippen molar-refractivity contribution in [1.29, 1.82) is 0 Å². The highest BCUT2D eigenvalue weighted by Gasteiger charge is 2.20. The van der Waals surface area contributed by atoms with Gasteiger partial charge in [-0.1, -0.05) is 24.3 Å². The normalized spacial score (nSPS) is 18.1. The summed E-state index contributed by atoms with van der Waals surface area (Å²) in [5.41, 5.74) is 2.17. The van der Waals surface area contributed by atoms with Crippen LogP contribution in [0, 0.1) is 0 Å². The van der Waals surface area contributed by atoms with E-state index in [9.17, 15) is 4.79 Å². The number of halogens is 1. The van der Waals surface area contributed by atoms with E-state index in [0.717, 1.165) is 17.7 Å². The first-order chi connectivity index (χ1) is 9.31. The fraction of sp³-hybridized carbons (Fsp3) is 0.500. The van der Waals surface area contributed by atoms with Crippen molar-refractivity contribution in [2.24, 2.45) is 0 Å². The second kappa shape index (κ2) is 8.92. The van der Waals surface area contributed by atoms with E-state index in [2.05, 4.69) is 10.6 Å². The van der Waals surface area contributed by atoms with Gasteiger partial charge < -0.3 is 20.1 Å². The number of morpholine rings is 1. The molecule has 1 fully saturated rings. The van der Waals surface area contributed by atoms with Crippen LogP contribution >= 0.6 is 12.4 Å². The highest BCUT2D eigenvalue weighted by atomic mass is 35.5. The van der Waals surface area contributed by atoms with Gasteiger partial charge in [-0.2, -0.15) is 0 Å². The lowest BCUT2D eigenvalue weighted by atomic mass is 10.1. The molecule has 20 heavy (non-hydrogen) atoms. The van der Waals surface area contributed by atoms with Gasteiger partial charge in [0.05, 0.1) is 19.8 Å². The third kappa shape index (κ3) is 4.76. The maximum atomic E-state index is 12.0. The third-order valence-corrected chi connectivity index (χ3v) is 3.11. The van der Waals surface area contributed by atoms with E-state index in [0.29, 0.717) is 26.4 Å². The highest BCUT2D eigenvalue weighted by Crippen LogP contribution is 2.09. The van der Waals surface area contributed by atoms with Crippen molar-refractivity contribution >= 4 is 18.3 Å². The molecule has 0 saturated carbocycles. The van der Waals surface area contributed by atoms with Crippen LogP contribution in [0.3, 0.4) is 0 Å². The van der Waals surface area contributed by atoms with Crippen molar-refractivity contribution in [3.8, 4) is 0 Å². The number of benzene rings is 1. The van der Waals surface area contributed by atoms with Crippen LogP contribution in [0.25, 0.3) is 0 Å². The zero-order valence-electron chi connectivity index (χ0n) is 11.6. The summed E-state index contributed by atoms with van der Waals surface area (Å²) in [5.74, 6) is -0.0214. The van der Waals surface area contributed by atoms with Gasteiger partial charge in [0, 0.05) is 20.2 Å². The molecule has 1 aromatic carbocycles. The smallest absolute Gasteiger partial charge is 0.239 e. The minimum Gasteiger partial charge on any atom is -0.380 e. The Morgan fingerprint density at radius 1 is 1.45 bits per heavy atom. The maximum Gasteiger partial charge on any atom is 0.239 e. The zero-order valence-corrected chi connectivity index (χ0v) is 12.4. The molecule has 1 saturated heterocycles. The average Bonchev–Trinajstić information content (AvgIpc) is 2.47. The molecule has 112 valence electrons. The molecular weight excluding hydrogens is 280 g/mol. The molecule has 0 spiro atoms. The van der Waals surface area contributed by atoms with Crippen LogP contribution in [0.15, 0.2) is 24.3 Å². The van der Waals surface area contributed by atoms with Gasteiger partial charge in [0.15, 0.2) is 0 Å². The summed E-state index contributed by atoms with van der Waals surface area (Å²) < 4.78 is 10.4. The van der Waals surface area contributed by atoms with Crippen molar-refractivity contribution in [2.45, 2.75) is 19.2 Å². The summed E-state index contributed by atoms with van der Waals surface area (Å²) in [6.45, 7) is 2.89. The molecule has 6 heteroatoms. The average molecular weight is 301 g/mol. The van der Waals surface area contributed by atoms with Gasteiger partial charge in [-0.05, 0) is 11.1 Å². The fourth-order valence-corrected chi connectivity index (χ4v) is 2.07. The molecule has 2 N–H and O–H groups in total. The number of rotatable bonds is 5. The molecule has 1 unspecified atom stereocenters. The van der Waals surface area contributed by atoms with Crippen LogP contribution in [0.1, 0.15) is 11.1 Å². The van der Waals surface area contributed by atoms with Crippen LogP contribution in [0.5, 0.6) is 0 Å².